The first-order valence-corrected chi connectivity index (χ1v) is 7.29. The molecule has 0 bridgehead atoms. The highest BCUT2D eigenvalue weighted by molar-refractivity contribution is 5.76. The van der Waals surface area contributed by atoms with Crippen molar-refractivity contribution >= 4 is 5.91 Å². The fourth-order valence-electron chi connectivity index (χ4n) is 3.14. The monoisotopic (exact) mass is 254 g/mol. The first-order chi connectivity index (χ1) is 8.65. The van der Waals surface area contributed by atoms with Crippen molar-refractivity contribution < 1.29 is 9.53 Å². The molecule has 3 N–H and O–H groups in total. The van der Waals surface area contributed by atoms with Crippen LogP contribution in [-0.2, 0) is 9.53 Å². The molecule has 2 aliphatic rings. The summed E-state index contributed by atoms with van der Waals surface area (Å²) in [5.74, 6) is 1.17. The molecule has 4 unspecified atom stereocenters. The van der Waals surface area contributed by atoms with Crippen LogP contribution in [0.1, 0.15) is 45.4 Å². The van der Waals surface area contributed by atoms with Gasteiger partial charge in [0.15, 0.2) is 0 Å². The third-order valence-corrected chi connectivity index (χ3v) is 4.39. The molecule has 18 heavy (non-hydrogen) atoms. The van der Waals surface area contributed by atoms with Gasteiger partial charge in [-0.1, -0.05) is 6.42 Å². The van der Waals surface area contributed by atoms with Crippen molar-refractivity contribution in [1.29, 1.82) is 0 Å². The number of rotatable bonds is 4. The van der Waals surface area contributed by atoms with Crippen molar-refractivity contribution in [2.45, 2.75) is 57.6 Å². The van der Waals surface area contributed by atoms with Gasteiger partial charge >= 0.3 is 0 Å². The summed E-state index contributed by atoms with van der Waals surface area (Å²) in [6.45, 7) is 3.68. The van der Waals surface area contributed by atoms with Crippen LogP contribution in [-0.4, -0.2) is 31.2 Å². The molecule has 0 radical (unpaired) electrons. The Kier molecular flexibility index (Phi) is 5.01. The van der Waals surface area contributed by atoms with Crippen LogP contribution in [0.5, 0.6) is 0 Å². The minimum absolute atomic E-state index is 0.188. The van der Waals surface area contributed by atoms with Crippen LogP contribution in [0.25, 0.3) is 0 Å². The topological polar surface area (TPSA) is 64.3 Å². The maximum absolute atomic E-state index is 11.9. The molecule has 0 aromatic carbocycles. The fourth-order valence-corrected chi connectivity index (χ4v) is 3.14. The molecule has 2 fully saturated rings. The zero-order valence-corrected chi connectivity index (χ0v) is 11.4. The molecule has 104 valence electrons. The summed E-state index contributed by atoms with van der Waals surface area (Å²) in [4.78, 5) is 11.9. The summed E-state index contributed by atoms with van der Waals surface area (Å²) in [5, 5.41) is 3.06. The highest BCUT2D eigenvalue weighted by atomic mass is 16.5. The van der Waals surface area contributed by atoms with Gasteiger partial charge in [-0.25, -0.2) is 0 Å². The van der Waals surface area contributed by atoms with E-state index < -0.39 is 0 Å². The van der Waals surface area contributed by atoms with E-state index in [1.54, 1.807) is 0 Å². The Morgan fingerprint density at radius 1 is 1.39 bits per heavy atom. The van der Waals surface area contributed by atoms with E-state index in [-0.39, 0.29) is 12.0 Å². The Bertz CT molecular complexity index is 283. The van der Waals surface area contributed by atoms with Crippen LogP contribution in [0.3, 0.4) is 0 Å². The average molecular weight is 254 g/mol. The number of carbonyl (C=O) groups is 1. The molecule has 2 rings (SSSR count). The van der Waals surface area contributed by atoms with Crippen LogP contribution in [0.15, 0.2) is 0 Å². The molecular formula is C14H26N2O2. The molecule has 0 aromatic heterocycles. The van der Waals surface area contributed by atoms with Gasteiger partial charge in [0.2, 0.25) is 5.91 Å². The summed E-state index contributed by atoms with van der Waals surface area (Å²) in [5.41, 5.74) is 5.94. The van der Waals surface area contributed by atoms with Crippen LogP contribution in [0, 0.1) is 11.8 Å². The van der Waals surface area contributed by atoms with Gasteiger partial charge in [0, 0.05) is 31.5 Å². The Labute approximate surface area is 110 Å². The van der Waals surface area contributed by atoms with Gasteiger partial charge in [-0.15, -0.1) is 0 Å². The van der Waals surface area contributed by atoms with E-state index in [1.165, 1.54) is 6.42 Å². The molecule has 4 atom stereocenters. The number of nitrogens with one attached hydrogen (secondary N) is 1. The second kappa shape index (κ2) is 6.53. The largest absolute Gasteiger partial charge is 0.378 e. The average Bonchev–Trinajstić information content (AvgIpc) is 2.72. The highest BCUT2D eigenvalue weighted by Crippen LogP contribution is 2.26. The molecule has 4 nitrogen and oxygen atoms in total. The lowest BCUT2D eigenvalue weighted by molar-refractivity contribution is -0.122. The Balaban J connectivity index is 1.65. The van der Waals surface area contributed by atoms with Gasteiger partial charge in [0.05, 0.1) is 6.10 Å². The second-order valence-electron chi connectivity index (χ2n) is 5.93. The molecule has 1 saturated carbocycles. The van der Waals surface area contributed by atoms with Crippen LogP contribution >= 0.6 is 0 Å². The first kappa shape index (κ1) is 13.8. The van der Waals surface area contributed by atoms with E-state index in [2.05, 4.69) is 12.2 Å². The number of ether oxygens (including phenoxy) is 1. The maximum Gasteiger partial charge on any atom is 0.220 e. The van der Waals surface area contributed by atoms with Gasteiger partial charge in [0.25, 0.3) is 0 Å². The summed E-state index contributed by atoms with van der Waals surface area (Å²) in [6.07, 6.45) is 6.46. The zero-order chi connectivity index (χ0) is 13.0. The third kappa shape index (κ3) is 3.95. The van der Waals surface area contributed by atoms with Crippen molar-refractivity contribution in [2.24, 2.45) is 17.6 Å². The lowest BCUT2D eigenvalue weighted by atomic mass is 9.84. The molecule has 0 spiro atoms. The first-order valence-electron chi connectivity index (χ1n) is 7.29. The van der Waals surface area contributed by atoms with Crippen molar-refractivity contribution in [1.82, 2.24) is 5.32 Å². The maximum atomic E-state index is 11.9. The van der Waals surface area contributed by atoms with Gasteiger partial charge in [-0.05, 0) is 38.5 Å². The Morgan fingerprint density at radius 3 is 2.89 bits per heavy atom. The SMILES string of the molecule is CC1OCCC1CNC(=O)CC1CCCC(N)C1. The summed E-state index contributed by atoms with van der Waals surface area (Å²) < 4.78 is 5.49. The number of nitrogens with two attached hydrogens (primary N) is 1. The summed E-state index contributed by atoms with van der Waals surface area (Å²) >= 11 is 0. The lowest BCUT2D eigenvalue weighted by Gasteiger charge is -2.26. The fraction of sp³-hybridized carbons (Fsp3) is 0.929. The van der Waals surface area contributed by atoms with E-state index in [9.17, 15) is 4.79 Å². The molecule has 1 heterocycles. The molecule has 1 saturated heterocycles. The highest BCUT2D eigenvalue weighted by Gasteiger charge is 2.25. The van der Waals surface area contributed by atoms with E-state index in [0.717, 1.165) is 38.8 Å². The summed E-state index contributed by atoms with van der Waals surface area (Å²) in [6, 6.07) is 0.305. The van der Waals surface area contributed by atoms with Gasteiger partial charge < -0.3 is 15.8 Å². The van der Waals surface area contributed by atoms with Crippen LogP contribution in [0.4, 0.5) is 0 Å². The zero-order valence-electron chi connectivity index (χ0n) is 11.4. The predicted molar refractivity (Wildman–Crippen MR) is 71.1 cm³/mol. The Morgan fingerprint density at radius 2 is 2.22 bits per heavy atom. The normalized spacial score (nSPS) is 36.6. The second-order valence-corrected chi connectivity index (χ2v) is 5.93. The van der Waals surface area contributed by atoms with E-state index in [1.807, 2.05) is 0 Å². The molecular weight excluding hydrogens is 228 g/mol. The molecule has 1 aliphatic carbocycles. The standard InChI is InChI=1S/C14H26N2O2/c1-10-12(5-6-18-10)9-16-14(17)8-11-3-2-4-13(15)7-11/h10-13H,2-9,15H2,1H3,(H,16,17). The third-order valence-electron chi connectivity index (χ3n) is 4.39. The number of hydrogen-bond donors (Lipinski definition) is 2. The Hall–Kier alpha value is -0.610. The van der Waals surface area contributed by atoms with E-state index >= 15 is 0 Å². The van der Waals surface area contributed by atoms with Crippen LogP contribution < -0.4 is 11.1 Å². The number of amides is 1. The van der Waals surface area contributed by atoms with Gasteiger partial charge in [-0.3, -0.25) is 4.79 Å². The number of carbonyl (C=O) groups excluding carboxylic acids is 1. The van der Waals surface area contributed by atoms with Gasteiger partial charge in [-0.2, -0.15) is 0 Å². The molecule has 4 heteroatoms. The minimum atomic E-state index is 0.188. The number of hydrogen-bond acceptors (Lipinski definition) is 3. The van der Waals surface area contributed by atoms with Gasteiger partial charge in [0.1, 0.15) is 0 Å². The van der Waals surface area contributed by atoms with E-state index in [4.69, 9.17) is 10.5 Å². The van der Waals surface area contributed by atoms with Crippen molar-refractivity contribution in [3.05, 3.63) is 0 Å². The van der Waals surface area contributed by atoms with Crippen molar-refractivity contribution in [3.63, 3.8) is 0 Å². The smallest absolute Gasteiger partial charge is 0.220 e. The predicted octanol–water partition coefficient (Wildman–Crippen LogP) is 1.44. The molecule has 0 aromatic rings. The minimum Gasteiger partial charge on any atom is -0.378 e. The molecule has 1 aliphatic heterocycles. The lowest BCUT2D eigenvalue weighted by Crippen LogP contribution is -2.35. The molecule has 1 amide bonds. The van der Waals surface area contributed by atoms with E-state index in [0.29, 0.717) is 24.3 Å². The van der Waals surface area contributed by atoms with Crippen molar-refractivity contribution in [2.75, 3.05) is 13.2 Å². The van der Waals surface area contributed by atoms with Crippen molar-refractivity contribution in [3.8, 4) is 0 Å². The van der Waals surface area contributed by atoms with Crippen LogP contribution in [0.2, 0.25) is 0 Å². The quantitative estimate of drug-likeness (QED) is 0.798. The summed E-state index contributed by atoms with van der Waals surface area (Å²) in [7, 11) is 0.